The molecule has 0 fully saturated rings. The summed E-state index contributed by atoms with van der Waals surface area (Å²) in [6, 6.07) is 2.15. The number of aryl methyl sites for hydroxylation is 1. The first-order chi connectivity index (χ1) is 9.67. The summed E-state index contributed by atoms with van der Waals surface area (Å²) in [4.78, 5) is 18.1. The van der Waals surface area contributed by atoms with Crippen LogP contribution < -0.4 is 5.32 Å². The molecule has 0 aliphatic carbocycles. The van der Waals surface area contributed by atoms with E-state index in [1.54, 1.807) is 17.5 Å². The van der Waals surface area contributed by atoms with Crippen LogP contribution in [0.3, 0.4) is 0 Å². The zero-order chi connectivity index (χ0) is 14.1. The van der Waals surface area contributed by atoms with Crippen LogP contribution in [0.1, 0.15) is 30.1 Å². The number of aromatic amines is 1. The van der Waals surface area contributed by atoms with E-state index in [1.807, 2.05) is 13.1 Å². The normalized spacial score (nSPS) is 12.8. The highest BCUT2D eigenvalue weighted by Gasteiger charge is 2.16. The molecule has 1 atom stereocenters. The van der Waals surface area contributed by atoms with Crippen molar-refractivity contribution in [1.29, 1.82) is 0 Å². The average Bonchev–Trinajstić information content (AvgIpc) is 3.04. The Labute approximate surface area is 125 Å². The van der Waals surface area contributed by atoms with Crippen LogP contribution in [0.4, 0.5) is 5.82 Å². The molecule has 0 bridgehead atoms. The first kappa shape index (κ1) is 13.3. The predicted molar refractivity (Wildman–Crippen MR) is 82.4 cm³/mol. The Morgan fingerprint density at radius 3 is 3.00 bits per heavy atom. The fraction of sp³-hybridized carbons (Fsp3) is 0.308. The van der Waals surface area contributed by atoms with E-state index < -0.39 is 0 Å². The lowest BCUT2D eigenvalue weighted by Crippen LogP contribution is -2.12. The molecule has 0 amide bonds. The van der Waals surface area contributed by atoms with E-state index in [0.717, 1.165) is 28.3 Å². The van der Waals surface area contributed by atoms with Gasteiger partial charge in [0.2, 0.25) is 5.28 Å². The Morgan fingerprint density at radius 1 is 1.45 bits per heavy atom. The Balaban J connectivity index is 2.01. The summed E-state index contributed by atoms with van der Waals surface area (Å²) in [6.07, 6.45) is 4.45. The lowest BCUT2D eigenvalue weighted by molar-refractivity contribution is 0.701. The molecule has 0 aliphatic rings. The summed E-state index contributed by atoms with van der Waals surface area (Å²) >= 11 is 7.62. The number of thiophene rings is 1. The minimum Gasteiger partial charge on any atom is -0.359 e. The number of hydrogen-bond donors (Lipinski definition) is 2. The Hall–Kier alpha value is -1.66. The summed E-state index contributed by atoms with van der Waals surface area (Å²) in [6.45, 7) is 4.15. The van der Waals surface area contributed by atoms with Crippen LogP contribution in [0.25, 0.3) is 10.2 Å². The largest absolute Gasteiger partial charge is 0.359 e. The fourth-order valence-corrected chi connectivity index (χ4v) is 3.22. The number of aromatic nitrogens is 4. The molecule has 0 saturated heterocycles. The van der Waals surface area contributed by atoms with Gasteiger partial charge in [0, 0.05) is 17.3 Å². The number of imidazole rings is 1. The minimum atomic E-state index is 0.0689. The number of rotatable bonds is 4. The third kappa shape index (κ3) is 2.48. The van der Waals surface area contributed by atoms with Crippen molar-refractivity contribution in [2.24, 2.45) is 0 Å². The van der Waals surface area contributed by atoms with Gasteiger partial charge in [0.25, 0.3) is 0 Å². The summed E-state index contributed by atoms with van der Waals surface area (Å²) in [7, 11) is 0. The molecule has 0 spiro atoms. The van der Waals surface area contributed by atoms with Crippen molar-refractivity contribution in [3.63, 3.8) is 0 Å². The van der Waals surface area contributed by atoms with Crippen molar-refractivity contribution in [1.82, 2.24) is 19.9 Å². The van der Waals surface area contributed by atoms with Crippen molar-refractivity contribution < 1.29 is 0 Å². The minimum absolute atomic E-state index is 0.0689. The lowest BCUT2D eigenvalue weighted by atomic mass is 10.2. The van der Waals surface area contributed by atoms with Crippen molar-refractivity contribution in [2.75, 3.05) is 5.32 Å². The van der Waals surface area contributed by atoms with Crippen LogP contribution in [0.2, 0.25) is 5.28 Å². The molecule has 0 aliphatic heterocycles. The fourth-order valence-electron chi connectivity index (χ4n) is 2.12. The maximum absolute atomic E-state index is 6.01. The van der Waals surface area contributed by atoms with Gasteiger partial charge in [-0.2, -0.15) is 0 Å². The summed E-state index contributed by atoms with van der Waals surface area (Å²) in [5.74, 6) is 1.65. The van der Waals surface area contributed by atoms with Crippen LogP contribution in [0.15, 0.2) is 18.5 Å². The van der Waals surface area contributed by atoms with Gasteiger partial charge in [-0.3, -0.25) is 0 Å². The SMILES string of the molecule is CCC(Nc1nc(Cl)nc2sc(C)cc12)c1ncc[nH]1. The third-order valence-electron chi connectivity index (χ3n) is 3.06. The maximum atomic E-state index is 6.01. The van der Waals surface area contributed by atoms with Crippen LogP contribution in [0.5, 0.6) is 0 Å². The second-order valence-corrected chi connectivity index (χ2v) is 6.07. The standard InChI is InChI=1S/C13H14ClN5S/c1-3-9(11-15-4-5-16-11)17-10-8-6-7(2)20-12(8)19-13(14)18-10/h4-6,9H,3H2,1-2H3,(H,15,16)(H,17,18,19). The Kier molecular flexibility index (Phi) is 3.58. The zero-order valence-electron chi connectivity index (χ0n) is 11.1. The second-order valence-electron chi connectivity index (χ2n) is 4.50. The molecular weight excluding hydrogens is 294 g/mol. The number of H-pyrrole nitrogens is 1. The van der Waals surface area contributed by atoms with Crippen LogP contribution >= 0.6 is 22.9 Å². The van der Waals surface area contributed by atoms with Gasteiger partial charge in [-0.25, -0.2) is 15.0 Å². The van der Waals surface area contributed by atoms with Gasteiger partial charge in [-0.15, -0.1) is 11.3 Å². The molecule has 0 radical (unpaired) electrons. The summed E-state index contributed by atoms with van der Waals surface area (Å²) in [5, 5.41) is 4.67. The van der Waals surface area contributed by atoms with Gasteiger partial charge in [0.15, 0.2) is 0 Å². The van der Waals surface area contributed by atoms with Gasteiger partial charge in [-0.05, 0) is 31.0 Å². The van der Waals surface area contributed by atoms with Crippen LogP contribution in [-0.4, -0.2) is 19.9 Å². The van der Waals surface area contributed by atoms with E-state index in [2.05, 4.69) is 38.2 Å². The quantitative estimate of drug-likeness (QED) is 0.716. The number of hydrogen-bond acceptors (Lipinski definition) is 5. The summed E-state index contributed by atoms with van der Waals surface area (Å²) in [5.41, 5.74) is 0. The number of nitrogens with one attached hydrogen (secondary N) is 2. The highest BCUT2D eigenvalue weighted by molar-refractivity contribution is 7.18. The van der Waals surface area contributed by atoms with Crippen molar-refractivity contribution >= 4 is 39.0 Å². The topological polar surface area (TPSA) is 66.5 Å². The maximum Gasteiger partial charge on any atom is 0.225 e. The molecule has 3 aromatic rings. The van der Waals surface area contributed by atoms with Gasteiger partial charge in [-0.1, -0.05) is 6.92 Å². The number of fused-ring (bicyclic) bond motifs is 1. The molecule has 3 heterocycles. The van der Waals surface area contributed by atoms with E-state index in [4.69, 9.17) is 11.6 Å². The van der Waals surface area contributed by atoms with Gasteiger partial charge in [0.05, 0.1) is 11.4 Å². The van der Waals surface area contributed by atoms with Crippen molar-refractivity contribution in [2.45, 2.75) is 26.3 Å². The first-order valence-electron chi connectivity index (χ1n) is 6.37. The van der Waals surface area contributed by atoms with E-state index in [9.17, 15) is 0 Å². The first-order valence-corrected chi connectivity index (χ1v) is 7.56. The van der Waals surface area contributed by atoms with E-state index >= 15 is 0 Å². The average molecular weight is 308 g/mol. The molecule has 3 rings (SSSR count). The van der Waals surface area contributed by atoms with E-state index in [-0.39, 0.29) is 11.3 Å². The second kappa shape index (κ2) is 5.38. The molecule has 1 unspecified atom stereocenters. The lowest BCUT2D eigenvalue weighted by Gasteiger charge is -2.15. The Bertz CT molecular complexity index is 722. The van der Waals surface area contributed by atoms with Crippen molar-refractivity contribution in [3.8, 4) is 0 Å². The van der Waals surface area contributed by atoms with E-state index in [1.165, 1.54) is 4.88 Å². The molecule has 0 aromatic carbocycles. The molecule has 2 N–H and O–H groups in total. The monoisotopic (exact) mass is 307 g/mol. The van der Waals surface area contributed by atoms with E-state index in [0.29, 0.717) is 0 Å². The molecule has 5 nitrogen and oxygen atoms in total. The highest BCUT2D eigenvalue weighted by atomic mass is 35.5. The highest BCUT2D eigenvalue weighted by Crippen LogP contribution is 2.31. The predicted octanol–water partition coefficient (Wildman–Crippen LogP) is 3.94. The van der Waals surface area contributed by atoms with Crippen LogP contribution in [-0.2, 0) is 0 Å². The molecule has 0 saturated carbocycles. The van der Waals surface area contributed by atoms with Crippen molar-refractivity contribution in [3.05, 3.63) is 34.4 Å². The molecule has 104 valence electrons. The van der Waals surface area contributed by atoms with Crippen LogP contribution in [0, 0.1) is 6.92 Å². The smallest absolute Gasteiger partial charge is 0.225 e. The number of nitrogens with zero attached hydrogens (tertiary/aromatic N) is 3. The summed E-state index contributed by atoms with van der Waals surface area (Å²) < 4.78 is 0. The molecule has 7 heteroatoms. The molecular formula is C13H14ClN5S. The molecule has 3 aromatic heterocycles. The number of anilines is 1. The Morgan fingerprint density at radius 2 is 2.30 bits per heavy atom. The van der Waals surface area contributed by atoms with Gasteiger partial charge < -0.3 is 10.3 Å². The molecule has 20 heavy (non-hydrogen) atoms. The zero-order valence-corrected chi connectivity index (χ0v) is 12.7. The van der Waals surface area contributed by atoms with Gasteiger partial charge in [0.1, 0.15) is 16.5 Å². The number of halogens is 1. The third-order valence-corrected chi connectivity index (χ3v) is 4.17. The van der Waals surface area contributed by atoms with Gasteiger partial charge >= 0.3 is 0 Å².